The SMILES string of the molecule is CC(NC(=O)C(O)c1ccccc1)c1cccc(Cl)c1. The average molecular weight is 290 g/mol. The molecule has 0 fully saturated rings. The van der Waals surface area contributed by atoms with Crippen molar-refractivity contribution < 1.29 is 9.90 Å². The van der Waals surface area contributed by atoms with Gasteiger partial charge in [-0.05, 0) is 30.2 Å². The maximum atomic E-state index is 12.0. The van der Waals surface area contributed by atoms with Crippen LogP contribution >= 0.6 is 11.6 Å². The van der Waals surface area contributed by atoms with E-state index in [0.29, 0.717) is 10.6 Å². The van der Waals surface area contributed by atoms with Gasteiger partial charge in [0.1, 0.15) is 0 Å². The van der Waals surface area contributed by atoms with E-state index in [2.05, 4.69) is 5.32 Å². The standard InChI is InChI=1S/C16H16ClNO2/c1-11(13-8-5-9-14(17)10-13)18-16(20)15(19)12-6-3-2-4-7-12/h2-11,15,19H,1H3,(H,18,20). The molecule has 0 spiro atoms. The summed E-state index contributed by atoms with van der Waals surface area (Å²) in [5.74, 6) is -0.427. The molecule has 1 amide bonds. The van der Waals surface area contributed by atoms with Crippen molar-refractivity contribution in [1.29, 1.82) is 0 Å². The summed E-state index contributed by atoms with van der Waals surface area (Å²) >= 11 is 5.92. The van der Waals surface area contributed by atoms with E-state index in [4.69, 9.17) is 11.6 Å². The van der Waals surface area contributed by atoms with Crippen molar-refractivity contribution in [3.05, 3.63) is 70.7 Å². The molecule has 20 heavy (non-hydrogen) atoms. The van der Waals surface area contributed by atoms with Crippen LogP contribution in [0.1, 0.15) is 30.2 Å². The van der Waals surface area contributed by atoms with Gasteiger partial charge >= 0.3 is 0 Å². The minimum absolute atomic E-state index is 0.223. The minimum Gasteiger partial charge on any atom is -0.378 e. The second-order valence-corrected chi connectivity index (χ2v) is 5.03. The van der Waals surface area contributed by atoms with Crippen molar-refractivity contribution in [3.63, 3.8) is 0 Å². The number of benzene rings is 2. The lowest BCUT2D eigenvalue weighted by molar-refractivity contribution is -0.130. The first kappa shape index (κ1) is 14.6. The van der Waals surface area contributed by atoms with Crippen LogP contribution in [0, 0.1) is 0 Å². The molecule has 2 unspecified atom stereocenters. The molecule has 0 aliphatic rings. The van der Waals surface area contributed by atoms with E-state index in [0.717, 1.165) is 5.56 Å². The van der Waals surface area contributed by atoms with Crippen molar-refractivity contribution in [2.24, 2.45) is 0 Å². The van der Waals surface area contributed by atoms with Gasteiger partial charge < -0.3 is 10.4 Å². The smallest absolute Gasteiger partial charge is 0.253 e. The zero-order valence-electron chi connectivity index (χ0n) is 11.1. The highest BCUT2D eigenvalue weighted by Gasteiger charge is 2.19. The molecule has 4 heteroatoms. The molecule has 3 nitrogen and oxygen atoms in total. The van der Waals surface area contributed by atoms with Crippen LogP contribution in [0.2, 0.25) is 5.02 Å². The van der Waals surface area contributed by atoms with E-state index in [-0.39, 0.29) is 6.04 Å². The van der Waals surface area contributed by atoms with Gasteiger partial charge in [0.2, 0.25) is 0 Å². The summed E-state index contributed by atoms with van der Waals surface area (Å²) < 4.78 is 0. The maximum absolute atomic E-state index is 12.0. The Bertz CT molecular complexity index is 586. The van der Waals surface area contributed by atoms with Crippen LogP contribution in [-0.2, 0) is 4.79 Å². The number of hydrogen-bond donors (Lipinski definition) is 2. The Balaban J connectivity index is 2.04. The highest BCUT2D eigenvalue weighted by Crippen LogP contribution is 2.19. The van der Waals surface area contributed by atoms with Crippen molar-refractivity contribution in [2.45, 2.75) is 19.1 Å². The lowest BCUT2D eigenvalue weighted by atomic mass is 10.1. The third-order valence-electron chi connectivity index (χ3n) is 3.07. The van der Waals surface area contributed by atoms with E-state index in [9.17, 15) is 9.90 Å². The van der Waals surface area contributed by atoms with E-state index >= 15 is 0 Å². The molecule has 0 bridgehead atoms. The predicted octanol–water partition coefficient (Wildman–Crippen LogP) is 3.25. The number of carbonyl (C=O) groups excluding carboxylic acids is 1. The van der Waals surface area contributed by atoms with Crippen LogP contribution in [0.5, 0.6) is 0 Å². The molecule has 0 saturated heterocycles. The second-order valence-electron chi connectivity index (χ2n) is 4.60. The van der Waals surface area contributed by atoms with Gasteiger partial charge in [-0.25, -0.2) is 0 Å². The molecule has 0 aliphatic carbocycles. The van der Waals surface area contributed by atoms with Gasteiger partial charge in [0.15, 0.2) is 6.10 Å². The molecule has 2 aromatic rings. The number of aliphatic hydroxyl groups excluding tert-OH is 1. The normalized spacial score (nSPS) is 13.6. The Labute approximate surface area is 123 Å². The molecule has 2 N–H and O–H groups in total. The predicted molar refractivity (Wildman–Crippen MR) is 79.4 cm³/mol. The maximum Gasteiger partial charge on any atom is 0.253 e. The van der Waals surface area contributed by atoms with Crippen molar-refractivity contribution in [3.8, 4) is 0 Å². The van der Waals surface area contributed by atoms with Crippen LogP contribution in [-0.4, -0.2) is 11.0 Å². The largest absolute Gasteiger partial charge is 0.378 e. The number of amides is 1. The van der Waals surface area contributed by atoms with Crippen LogP contribution < -0.4 is 5.32 Å². The number of halogens is 1. The summed E-state index contributed by atoms with van der Waals surface area (Å²) in [5.41, 5.74) is 1.47. The molecule has 0 heterocycles. The third kappa shape index (κ3) is 3.59. The molecule has 0 aliphatic heterocycles. The van der Waals surface area contributed by atoms with Crippen molar-refractivity contribution >= 4 is 17.5 Å². The minimum atomic E-state index is -1.17. The fraction of sp³-hybridized carbons (Fsp3) is 0.188. The molecule has 0 saturated carbocycles. The molecule has 0 aromatic heterocycles. The topological polar surface area (TPSA) is 49.3 Å². The van der Waals surface area contributed by atoms with E-state index in [1.54, 1.807) is 36.4 Å². The zero-order valence-corrected chi connectivity index (χ0v) is 11.8. The highest BCUT2D eigenvalue weighted by atomic mass is 35.5. The summed E-state index contributed by atoms with van der Waals surface area (Å²) in [4.78, 5) is 12.0. The molecular weight excluding hydrogens is 274 g/mol. The summed E-state index contributed by atoms with van der Waals surface area (Å²) in [6, 6.07) is 15.9. The van der Waals surface area contributed by atoms with Gasteiger partial charge in [0.05, 0.1) is 6.04 Å². The van der Waals surface area contributed by atoms with Gasteiger partial charge in [-0.1, -0.05) is 54.1 Å². The summed E-state index contributed by atoms with van der Waals surface area (Å²) in [7, 11) is 0. The number of aliphatic hydroxyl groups is 1. The van der Waals surface area contributed by atoms with E-state index < -0.39 is 12.0 Å². The van der Waals surface area contributed by atoms with Crippen molar-refractivity contribution in [1.82, 2.24) is 5.32 Å². The van der Waals surface area contributed by atoms with Gasteiger partial charge in [-0.15, -0.1) is 0 Å². The fourth-order valence-corrected chi connectivity index (χ4v) is 2.14. The van der Waals surface area contributed by atoms with Crippen LogP contribution in [0.4, 0.5) is 0 Å². The van der Waals surface area contributed by atoms with Gasteiger partial charge in [0.25, 0.3) is 5.91 Å². The molecule has 2 aromatic carbocycles. The Morgan fingerprint density at radius 1 is 1.10 bits per heavy atom. The third-order valence-corrected chi connectivity index (χ3v) is 3.31. The highest BCUT2D eigenvalue weighted by molar-refractivity contribution is 6.30. The quantitative estimate of drug-likeness (QED) is 0.908. The summed E-state index contributed by atoms with van der Waals surface area (Å²) in [6.07, 6.45) is -1.17. The monoisotopic (exact) mass is 289 g/mol. The number of nitrogens with one attached hydrogen (secondary N) is 1. The molecule has 2 rings (SSSR count). The number of hydrogen-bond acceptors (Lipinski definition) is 2. The Morgan fingerprint density at radius 3 is 2.40 bits per heavy atom. The summed E-state index contributed by atoms with van der Waals surface area (Å²) in [6.45, 7) is 1.85. The fourth-order valence-electron chi connectivity index (χ4n) is 1.94. The van der Waals surface area contributed by atoms with E-state index in [1.165, 1.54) is 0 Å². The van der Waals surface area contributed by atoms with Crippen LogP contribution in [0.15, 0.2) is 54.6 Å². The zero-order chi connectivity index (χ0) is 14.5. The first-order valence-electron chi connectivity index (χ1n) is 6.37. The Morgan fingerprint density at radius 2 is 1.75 bits per heavy atom. The first-order chi connectivity index (χ1) is 9.58. The van der Waals surface area contributed by atoms with Gasteiger partial charge in [-0.3, -0.25) is 4.79 Å². The second kappa shape index (κ2) is 6.55. The molecular formula is C16H16ClNO2. The number of carbonyl (C=O) groups is 1. The van der Waals surface area contributed by atoms with E-state index in [1.807, 2.05) is 25.1 Å². The van der Waals surface area contributed by atoms with Crippen LogP contribution in [0.25, 0.3) is 0 Å². The number of rotatable bonds is 4. The lowest BCUT2D eigenvalue weighted by Gasteiger charge is -2.17. The summed E-state index contributed by atoms with van der Waals surface area (Å²) in [5, 5.41) is 13.4. The molecule has 104 valence electrons. The van der Waals surface area contributed by atoms with Crippen molar-refractivity contribution in [2.75, 3.05) is 0 Å². The Kier molecular flexibility index (Phi) is 4.77. The molecule has 0 radical (unpaired) electrons. The van der Waals surface area contributed by atoms with Gasteiger partial charge in [0, 0.05) is 5.02 Å². The lowest BCUT2D eigenvalue weighted by Crippen LogP contribution is -2.31. The first-order valence-corrected chi connectivity index (χ1v) is 6.74. The van der Waals surface area contributed by atoms with Gasteiger partial charge in [-0.2, -0.15) is 0 Å². The average Bonchev–Trinajstić information content (AvgIpc) is 2.47. The Hall–Kier alpha value is -1.84. The molecule has 2 atom stereocenters. The van der Waals surface area contributed by atoms with Crippen LogP contribution in [0.3, 0.4) is 0 Å².